The van der Waals surface area contributed by atoms with Gasteiger partial charge in [0.25, 0.3) is 0 Å². The number of pyridine rings is 2. The second-order valence-electron chi connectivity index (χ2n) is 10.1. The Morgan fingerprint density at radius 3 is 2.74 bits per heavy atom. The zero-order chi connectivity index (χ0) is 23.8. The van der Waals surface area contributed by atoms with E-state index < -0.39 is 0 Å². The number of ether oxygens (including phenoxy) is 1. The molecule has 2 aliphatic rings. The van der Waals surface area contributed by atoms with Crippen LogP contribution in [0.25, 0.3) is 22.2 Å². The highest BCUT2D eigenvalue weighted by atomic mass is 16.5. The normalized spacial score (nSPS) is 17.0. The molecule has 0 aliphatic carbocycles. The van der Waals surface area contributed by atoms with Crippen molar-refractivity contribution in [3.05, 3.63) is 48.4 Å². The lowest BCUT2D eigenvalue weighted by molar-refractivity contribution is 0.282. The van der Waals surface area contributed by atoms with E-state index in [1.165, 1.54) is 25.9 Å². The second kappa shape index (κ2) is 8.88. The van der Waals surface area contributed by atoms with Crippen molar-refractivity contribution in [1.29, 1.82) is 0 Å². The Bertz CT molecular complexity index is 1360. The van der Waals surface area contributed by atoms with Gasteiger partial charge >= 0.3 is 0 Å². The molecule has 0 amide bonds. The number of likely N-dealkylation sites (tertiary alicyclic amines) is 1. The Morgan fingerprint density at radius 2 is 1.86 bits per heavy atom. The van der Waals surface area contributed by atoms with Crippen LogP contribution in [0.4, 0.5) is 11.6 Å². The Hall–Kier alpha value is -3.59. The molecular formula is C26H30N8O. The van der Waals surface area contributed by atoms with Crippen LogP contribution in [0.5, 0.6) is 5.88 Å². The molecule has 0 aromatic carbocycles. The van der Waals surface area contributed by atoms with Gasteiger partial charge in [0, 0.05) is 41.0 Å². The summed E-state index contributed by atoms with van der Waals surface area (Å²) >= 11 is 0. The minimum atomic E-state index is -0.0873. The number of anilines is 2. The van der Waals surface area contributed by atoms with E-state index in [0.717, 1.165) is 47.2 Å². The van der Waals surface area contributed by atoms with Gasteiger partial charge in [0.2, 0.25) is 5.88 Å². The van der Waals surface area contributed by atoms with Gasteiger partial charge in [0.05, 0.1) is 23.8 Å². The second-order valence-corrected chi connectivity index (χ2v) is 10.1. The number of nitrogens with zero attached hydrogens (tertiary/aromatic N) is 7. The number of aryl methyl sites for hydroxylation is 1. The maximum Gasteiger partial charge on any atom is 0.237 e. The first-order valence-electron chi connectivity index (χ1n) is 12.3. The lowest BCUT2D eigenvalue weighted by atomic mass is 9.88. The van der Waals surface area contributed by atoms with E-state index >= 15 is 0 Å². The van der Waals surface area contributed by atoms with Gasteiger partial charge in [-0.25, -0.2) is 4.98 Å². The summed E-state index contributed by atoms with van der Waals surface area (Å²) in [7, 11) is 0. The fourth-order valence-electron chi connectivity index (χ4n) is 4.82. The number of hydrogen-bond donors (Lipinski definition) is 1. The molecule has 0 saturated carbocycles. The van der Waals surface area contributed by atoms with E-state index in [2.05, 4.69) is 56.6 Å². The van der Waals surface area contributed by atoms with Gasteiger partial charge in [-0.1, -0.05) is 13.8 Å². The molecule has 2 aliphatic heterocycles. The summed E-state index contributed by atoms with van der Waals surface area (Å²) in [5.41, 5.74) is 4.67. The summed E-state index contributed by atoms with van der Waals surface area (Å²) in [6, 6.07) is 7.92. The lowest BCUT2D eigenvalue weighted by Crippen LogP contribution is -2.21. The predicted molar refractivity (Wildman–Crippen MR) is 135 cm³/mol. The molecule has 0 radical (unpaired) electrons. The van der Waals surface area contributed by atoms with Gasteiger partial charge in [0.1, 0.15) is 5.82 Å². The number of aromatic nitrogens is 6. The van der Waals surface area contributed by atoms with E-state index in [1.807, 2.05) is 35.3 Å². The first-order valence-corrected chi connectivity index (χ1v) is 12.3. The Labute approximate surface area is 204 Å². The van der Waals surface area contributed by atoms with Gasteiger partial charge in [-0.05, 0) is 63.2 Å². The van der Waals surface area contributed by atoms with E-state index in [0.29, 0.717) is 24.1 Å². The van der Waals surface area contributed by atoms with Gasteiger partial charge in [-0.15, -0.1) is 10.2 Å². The molecule has 6 rings (SSSR count). The van der Waals surface area contributed by atoms with Crippen LogP contribution in [0.3, 0.4) is 0 Å². The van der Waals surface area contributed by atoms with Crippen LogP contribution in [0.15, 0.2) is 42.9 Å². The maximum absolute atomic E-state index is 5.64. The number of nitrogens with one attached hydrogen (secondary N) is 1. The number of hydrogen-bond acceptors (Lipinski definition) is 8. The smallest absolute Gasteiger partial charge is 0.237 e. The van der Waals surface area contributed by atoms with Crippen molar-refractivity contribution in [1.82, 2.24) is 34.8 Å². The van der Waals surface area contributed by atoms with Gasteiger partial charge in [0.15, 0.2) is 5.82 Å². The topological polar surface area (TPSA) is 93.9 Å². The highest BCUT2D eigenvalue weighted by molar-refractivity contribution is 5.81. The van der Waals surface area contributed by atoms with Crippen LogP contribution in [-0.4, -0.2) is 61.1 Å². The summed E-state index contributed by atoms with van der Waals surface area (Å²) in [6.45, 7) is 9.44. The number of rotatable bonds is 7. The summed E-state index contributed by atoms with van der Waals surface area (Å²) in [4.78, 5) is 11.9. The Kier molecular flexibility index (Phi) is 5.56. The van der Waals surface area contributed by atoms with E-state index in [-0.39, 0.29) is 5.41 Å². The third-order valence-electron chi connectivity index (χ3n) is 6.88. The van der Waals surface area contributed by atoms with Crippen LogP contribution in [-0.2, 0) is 12.0 Å². The Balaban J connectivity index is 1.18. The van der Waals surface area contributed by atoms with Crippen molar-refractivity contribution >= 4 is 22.7 Å². The molecular weight excluding hydrogens is 440 g/mol. The van der Waals surface area contributed by atoms with E-state index in [1.54, 1.807) is 0 Å². The third kappa shape index (κ3) is 4.55. The summed E-state index contributed by atoms with van der Waals surface area (Å²) in [5.74, 6) is 1.95. The van der Waals surface area contributed by atoms with Crippen LogP contribution >= 0.6 is 0 Å². The molecule has 1 saturated heterocycles. The summed E-state index contributed by atoms with van der Waals surface area (Å²) in [5, 5.41) is 16.3. The van der Waals surface area contributed by atoms with E-state index in [9.17, 15) is 0 Å². The molecule has 1 N–H and O–H groups in total. The minimum Gasteiger partial charge on any atom is -0.475 e. The molecule has 180 valence electrons. The molecule has 0 unspecified atom stereocenters. The quantitative estimate of drug-likeness (QED) is 0.430. The third-order valence-corrected chi connectivity index (χ3v) is 6.88. The zero-order valence-electron chi connectivity index (χ0n) is 20.2. The van der Waals surface area contributed by atoms with Crippen LogP contribution < -0.4 is 10.1 Å². The Morgan fingerprint density at radius 1 is 0.971 bits per heavy atom. The monoisotopic (exact) mass is 470 g/mol. The molecule has 9 heteroatoms. The highest BCUT2D eigenvalue weighted by Gasteiger charge is 2.33. The van der Waals surface area contributed by atoms with Crippen LogP contribution in [0.1, 0.15) is 38.7 Å². The van der Waals surface area contributed by atoms with Gasteiger partial charge in [-0.2, -0.15) is 5.10 Å². The van der Waals surface area contributed by atoms with Gasteiger partial charge in [-0.3, -0.25) is 9.67 Å². The van der Waals surface area contributed by atoms with Crippen molar-refractivity contribution in [2.75, 3.05) is 31.6 Å². The molecule has 4 aromatic rings. The average Bonchev–Trinajstić information content (AvgIpc) is 3.61. The maximum atomic E-state index is 5.64. The van der Waals surface area contributed by atoms with Crippen molar-refractivity contribution in [3.8, 4) is 17.0 Å². The highest BCUT2D eigenvalue weighted by Crippen LogP contribution is 2.37. The van der Waals surface area contributed by atoms with Gasteiger partial charge < -0.3 is 15.0 Å². The van der Waals surface area contributed by atoms with Crippen molar-refractivity contribution in [2.45, 2.75) is 45.1 Å². The molecule has 1 fully saturated rings. The zero-order valence-corrected chi connectivity index (χ0v) is 20.2. The largest absolute Gasteiger partial charge is 0.475 e. The lowest BCUT2D eigenvalue weighted by Gasteiger charge is -2.15. The SMILES string of the molecule is CC1(C)COc2nnc(Nc3ccc4ncc(-c5cnn(CCCN6CCCC6)c5)cc4n3)cc21. The van der Waals surface area contributed by atoms with Crippen molar-refractivity contribution in [2.24, 2.45) is 0 Å². The fourth-order valence-corrected chi connectivity index (χ4v) is 4.82. The van der Waals surface area contributed by atoms with E-state index in [4.69, 9.17) is 9.72 Å². The van der Waals surface area contributed by atoms with Crippen LogP contribution in [0, 0.1) is 0 Å². The molecule has 0 atom stereocenters. The van der Waals surface area contributed by atoms with Crippen molar-refractivity contribution in [3.63, 3.8) is 0 Å². The number of fused-ring (bicyclic) bond motifs is 2. The fraction of sp³-hybridized carbons (Fsp3) is 0.423. The molecule has 0 spiro atoms. The standard InChI is InChI=1S/C26H30N8O/c1-26(2)17-35-25-20(26)13-24(31-32-25)30-23-7-6-21-22(29-23)12-18(14-27-21)19-15-28-34(16-19)11-5-10-33-8-3-4-9-33/h6-7,12-16H,3-5,8-11,17H2,1-2H3,(H,29,30,31). The molecule has 0 bridgehead atoms. The minimum absolute atomic E-state index is 0.0873. The van der Waals surface area contributed by atoms with Crippen molar-refractivity contribution < 1.29 is 4.74 Å². The molecule has 35 heavy (non-hydrogen) atoms. The molecule has 6 heterocycles. The molecule has 9 nitrogen and oxygen atoms in total. The average molecular weight is 471 g/mol. The molecule has 4 aromatic heterocycles. The summed E-state index contributed by atoms with van der Waals surface area (Å²) < 4.78 is 7.67. The van der Waals surface area contributed by atoms with Crippen LogP contribution in [0.2, 0.25) is 0 Å². The predicted octanol–water partition coefficient (Wildman–Crippen LogP) is 4.18. The first kappa shape index (κ1) is 21.9. The first-order chi connectivity index (χ1) is 17.0. The summed E-state index contributed by atoms with van der Waals surface area (Å²) in [6.07, 6.45) is 9.67.